The lowest BCUT2D eigenvalue weighted by Crippen LogP contribution is -2.34. The normalized spacial score (nSPS) is 15.2. The van der Waals surface area contributed by atoms with Crippen LogP contribution in [-0.4, -0.2) is 29.3 Å². The summed E-state index contributed by atoms with van der Waals surface area (Å²) >= 11 is 0. The van der Waals surface area contributed by atoms with E-state index in [9.17, 15) is 14.4 Å². The maximum absolute atomic E-state index is 12.2. The fraction of sp³-hybridized carbons (Fsp3) is 0.471. The molecular formula is C17H21NO4. The third kappa shape index (κ3) is 3.72. The number of aryl methyl sites for hydroxylation is 2. The molecule has 0 unspecified atom stereocenters. The van der Waals surface area contributed by atoms with Gasteiger partial charge in [-0.15, -0.1) is 0 Å². The standard InChI is InChI=1S/C17H21NO4/c1-11-3-4-12(2)13(9-11)14(19)5-6-15(20)18-10-17(7-8-17)16(21)22/h3-4,9H,5-8,10H2,1-2H3,(H,18,20)(H,21,22). The number of benzene rings is 1. The second-order valence-corrected chi connectivity index (χ2v) is 6.10. The van der Waals surface area contributed by atoms with E-state index in [-0.39, 0.29) is 31.1 Å². The highest BCUT2D eigenvalue weighted by Crippen LogP contribution is 2.45. The molecule has 1 fully saturated rings. The molecule has 1 saturated carbocycles. The van der Waals surface area contributed by atoms with Gasteiger partial charge in [-0.2, -0.15) is 0 Å². The topological polar surface area (TPSA) is 83.5 Å². The van der Waals surface area contributed by atoms with Gasteiger partial charge in [0.2, 0.25) is 5.91 Å². The molecule has 1 amide bonds. The van der Waals surface area contributed by atoms with Crippen molar-refractivity contribution < 1.29 is 19.5 Å². The van der Waals surface area contributed by atoms with E-state index in [0.29, 0.717) is 18.4 Å². The van der Waals surface area contributed by atoms with Crippen molar-refractivity contribution in [1.82, 2.24) is 5.32 Å². The second kappa shape index (κ2) is 6.30. The van der Waals surface area contributed by atoms with Crippen molar-refractivity contribution in [1.29, 1.82) is 0 Å². The number of carboxylic acid groups (broad SMARTS) is 1. The number of rotatable bonds is 7. The Morgan fingerprint density at radius 2 is 1.86 bits per heavy atom. The zero-order valence-corrected chi connectivity index (χ0v) is 12.9. The summed E-state index contributed by atoms with van der Waals surface area (Å²) in [6, 6.07) is 5.67. The fourth-order valence-electron chi connectivity index (χ4n) is 2.37. The van der Waals surface area contributed by atoms with Crippen molar-refractivity contribution >= 4 is 17.7 Å². The highest BCUT2D eigenvalue weighted by atomic mass is 16.4. The molecule has 1 aromatic carbocycles. The van der Waals surface area contributed by atoms with Crippen molar-refractivity contribution in [2.45, 2.75) is 39.5 Å². The summed E-state index contributed by atoms with van der Waals surface area (Å²) in [6.45, 7) is 3.94. The number of hydrogen-bond donors (Lipinski definition) is 2. The Morgan fingerprint density at radius 1 is 1.18 bits per heavy atom. The molecule has 0 aromatic heterocycles. The number of carbonyl (C=O) groups is 3. The van der Waals surface area contributed by atoms with Gasteiger partial charge in [0.15, 0.2) is 5.78 Å². The van der Waals surface area contributed by atoms with Crippen LogP contribution in [0.5, 0.6) is 0 Å². The molecule has 0 heterocycles. The predicted octanol–water partition coefficient (Wildman–Crippen LogP) is 2.25. The first kappa shape index (κ1) is 16.2. The van der Waals surface area contributed by atoms with Gasteiger partial charge in [-0.25, -0.2) is 0 Å². The van der Waals surface area contributed by atoms with Crippen LogP contribution in [0.3, 0.4) is 0 Å². The van der Waals surface area contributed by atoms with Gasteiger partial charge in [0.05, 0.1) is 5.41 Å². The number of Topliss-reactive ketones (excluding diaryl/α,β-unsaturated/α-hetero) is 1. The van der Waals surface area contributed by atoms with Crippen LogP contribution in [0.2, 0.25) is 0 Å². The number of ketones is 1. The SMILES string of the molecule is Cc1ccc(C)c(C(=O)CCC(=O)NCC2(C(=O)O)CC2)c1. The molecule has 2 rings (SSSR count). The van der Waals surface area contributed by atoms with E-state index in [1.54, 1.807) is 0 Å². The number of hydrogen-bond acceptors (Lipinski definition) is 3. The summed E-state index contributed by atoms with van der Waals surface area (Å²) in [5.41, 5.74) is 1.79. The van der Waals surface area contributed by atoms with Gasteiger partial charge in [-0.3, -0.25) is 14.4 Å². The molecule has 0 spiro atoms. The molecule has 1 aromatic rings. The van der Waals surface area contributed by atoms with Crippen LogP contribution in [0, 0.1) is 19.3 Å². The third-order valence-electron chi connectivity index (χ3n) is 4.20. The average Bonchev–Trinajstić information content (AvgIpc) is 3.26. The van der Waals surface area contributed by atoms with Gasteiger partial charge in [0, 0.05) is 24.9 Å². The molecule has 5 nitrogen and oxygen atoms in total. The van der Waals surface area contributed by atoms with Gasteiger partial charge >= 0.3 is 5.97 Å². The highest BCUT2D eigenvalue weighted by Gasteiger charge is 2.50. The summed E-state index contributed by atoms with van der Waals surface area (Å²) in [4.78, 5) is 35.0. The molecule has 0 bridgehead atoms. The zero-order chi connectivity index (χ0) is 16.3. The molecule has 0 saturated heterocycles. The van der Waals surface area contributed by atoms with Gasteiger partial charge in [0.25, 0.3) is 0 Å². The van der Waals surface area contributed by atoms with Crippen LogP contribution in [0.1, 0.15) is 47.2 Å². The minimum absolute atomic E-state index is 0.0595. The van der Waals surface area contributed by atoms with Crippen LogP contribution in [0.4, 0.5) is 0 Å². The summed E-state index contributed by atoms with van der Waals surface area (Å²) in [6.07, 6.45) is 1.42. The molecule has 118 valence electrons. The van der Waals surface area contributed by atoms with Crippen molar-refractivity contribution in [3.63, 3.8) is 0 Å². The van der Waals surface area contributed by atoms with Gasteiger partial charge in [-0.1, -0.05) is 17.7 Å². The van der Waals surface area contributed by atoms with E-state index >= 15 is 0 Å². The summed E-state index contributed by atoms with van der Waals surface area (Å²) in [7, 11) is 0. The molecule has 1 aliphatic rings. The maximum atomic E-state index is 12.2. The van der Waals surface area contributed by atoms with Crippen molar-refractivity contribution in [3.8, 4) is 0 Å². The Bertz CT molecular complexity index is 617. The molecular weight excluding hydrogens is 282 g/mol. The molecule has 5 heteroatoms. The van der Waals surface area contributed by atoms with Crippen LogP contribution in [0.15, 0.2) is 18.2 Å². The molecule has 0 radical (unpaired) electrons. The van der Waals surface area contributed by atoms with Crippen molar-refractivity contribution in [3.05, 3.63) is 34.9 Å². The molecule has 0 aliphatic heterocycles. The van der Waals surface area contributed by atoms with Crippen molar-refractivity contribution in [2.24, 2.45) is 5.41 Å². The van der Waals surface area contributed by atoms with Crippen LogP contribution < -0.4 is 5.32 Å². The monoisotopic (exact) mass is 303 g/mol. The zero-order valence-electron chi connectivity index (χ0n) is 12.9. The van der Waals surface area contributed by atoms with E-state index in [1.807, 2.05) is 32.0 Å². The first-order valence-corrected chi connectivity index (χ1v) is 7.45. The largest absolute Gasteiger partial charge is 0.481 e. The van der Waals surface area contributed by atoms with Crippen LogP contribution in [-0.2, 0) is 9.59 Å². The number of carbonyl (C=O) groups excluding carboxylic acids is 2. The molecule has 1 aliphatic carbocycles. The number of amides is 1. The van der Waals surface area contributed by atoms with Gasteiger partial charge < -0.3 is 10.4 Å². The van der Waals surface area contributed by atoms with E-state index in [0.717, 1.165) is 11.1 Å². The fourth-order valence-corrected chi connectivity index (χ4v) is 2.37. The third-order valence-corrected chi connectivity index (χ3v) is 4.20. The van der Waals surface area contributed by atoms with E-state index < -0.39 is 11.4 Å². The summed E-state index contributed by atoms with van der Waals surface area (Å²) in [5, 5.41) is 11.7. The lowest BCUT2D eigenvalue weighted by Gasteiger charge is -2.11. The molecule has 22 heavy (non-hydrogen) atoms. The Kier molecular flexibility index (Phi) is 4.64. The second-order valence-electron chi connectivity index (χ2n) is 6.10. The maximum Gasteiger partial charge on any atom is 0.311 e. The Hall–Kier alpha value is -2.17. The molecule has 0 atom stereocenters. The summed E-state index contributed by atoms with van der Waals surface area (Å²) < 4.78 is 0. The summed E-state index contributed by atoms with van der Waals surface area (Å²) in [5.74, 6) is -1.19. The number of aliphatic carboxylic acids is 1. The quantitative estimate of drug-likeness (QED) is 0.757. The highest BCUT2D eigenvalue weighted by molar-refractivity contribution is 5.99. The van der Waals surface area contributed by atoms with Crippen LogP contribution in [0.25, 0.3) is 0 Å². The smallest absolute Gasteiger partial charge is 0.311 e. The first-order valence-electron chi connectivity index (χ1n) is 7.45. The van der Waals surface area contributed by atoms with E-state index in [1.165, 1.54) is 0 Å². The Balaban J connectivity index is 1.82. The Morgan fingerprint density at radius 3 is 2.45 bits per heavy atom. The van der Waals surface area contributed by atoms with Crippen molar-refractivity contribution in [2.75, 3.05) is 6.54 Å². The lowest BCUT2D eigenvalue weighted by molar-refractivity contribution is -0.143. The van der Waals surface area contributed by atoms with Gasteiger partial charge in [-0.05, 0) is 38.3 Å². The lowest BCUT2D eigenvalue weighted by atomic mass is 9.99. The Labute approximate surface area is 129 Å². The van der Waals surface area contributed by atoms with Gasteiger partial charge in [0.1, 0.15) is 0 Å². The van der Waals surface area contributed by atoms with Crippen LogP contribution >= 0.6 is 0 Å². The minimum Gasteiger partial charge on any atom is -0.481 e. The predicted molar refractivity (Wildman–Crippen MR) is 81.8 cm³/mol. The van der Waals surface area contributed by atoms with E-state index in [2.05, 4.69) is 5.32 Å². The average molecular weight is 303 g/mol. The minimum atomic E-state index is -0.862. The first-order chi connectivity index (χ1) is 10.3. The number of nitrogens with one attached hydrogen (secondary N) is 1. The number of carboxylic acids is 1. The van der Waals surface area contributed by atoms with E-state index in [4.69, 9.17) is 5.11 Å². The molecule has 2 N–H and O–H groups in total.